The second kappa shape index (κ2) is 6.42. The van der Waals surface area contributed by atoms with Crippen molar-refractivity contribution in [3.05, 3.63) is 23.8 Å². The second-order valence-corrected chi connectivity index (χ2v) is 9.36. The van der Waals surface area contributed by atoms with Gasteiger partial charge in [0.15, 0.2) is 0 Å². The molecule has 1 aliphatic heterocycles. The van der Waals surface area contributed by atoms with E-state index in [1.54, 1.807) is 0 Å². The number of aryl methyl sites for hydroxylation is 1. The number of hydrogen-bond donors (Lipinski definition) is 1. The van der Waals surface area contributed by atoms with Crippen molar-refractivity contribution in [3.8, 4) is 5.75 Å². The first-order valence-electron chi connectivity index (χ1n) is 7.71. The quantitative estimate of drug-likeness (QED) is 0.859. The van der Waals surface area contributed by atoms with E-state index < -0.39 is 15.1 Å². The van der Waals surface area contributed by atoms with Crippen LogP contribution in [0.5, 0.6) is 5.75 Å². The molecule has 0 bridgehead atoms. The molecular formula is C17H26NO3Si. The number of benzene rings is 1. The molecule has 2 unspecified atom stereocenters. The van der Waals surface area contributed by atoms with E-state index in [9.17, 15) is 4.79 Å². The summed E-state index contributed by atoms with van der Waals surface area (Å²) in [6.45, 7) is 12.6. The molecule has 121 valence electrons. The van der Waals surface area contributed by atoms with Crippen molar-refractivity contribution in [1.29, 1.82) is 0 Å². The number of hydrogen-bond acceptors (Lipinski definition) is 3. The summed E-state index contributed by atoms with van der Waals surface area (Å²) in [6, 6.07) is 5.80. The minimum Gasteiger partial charge on any atom is -0.476 e. The molecule has 2 atom stereocenters. The summed E-state index contributed by atoms with van der Waals surface area (Å²) in [6.07, 6.45) is -0.0341. The monoisotopic (exact) mass is 320 g/mol. The fourth-order valence-electron chi connectivity index (χ4n) is 2.65. The Morgan fingerprint density at radius 1 is 1.36 bits per heavy atom. The fourth-order valence-corrected chi connectivity index (χ4v) is 3.46. The molecule has 1 aromatic carbocycles. The van der Waals surface area contributed by atoms with Crippen molar-refractivity contribution in [2.24, 2.45) is 5.41 Å². The molecular weight excluding hydrogens is 294 g/mol. The van der Waals surface area contributed by atoms with Crippen LogP contribution >= 0.6 is 0 Å². The largest absolute Gasteiger partial charge is 0.476 e. The van der Waals surface area contributed by atoms with Gasteiger partial charge in [0.1, 0.15) is 5.75 Å². The average Bonchev–Trinajstić information content (AvgIpc) is 2.36. The summed E-state index contributed by atoms with van der Waals surface area (Å²) >= 11 is 0. The standard InChI is InChI=1S/C17H26NO3Si/c1-11-8-7-9-12-14(11)18-16(19)15(20-12)13(21-22(5)6)10-17(2,3)4/h7-9,13,15H,10H2,1-6H3,(H,18,19). The lowest BCUT2D eigenvalue weighted by molar-refractivity contribution is -0.128. The van der Waals surface area contributed by atoms with Gasteiger partial charge in [-0.25, -0.2) is 0 Å². The predicted molar refractivity (Wildman–Crippen MR) is 90.7 cm³/mol. The van der Waals surface area contributed by atoms with Gasteiger partial charge in [-0.2, -0.15) is 0 Å². The van der Waals surface area contributed by atoms with Gasteiger partial charge in [-0.05, 0) is 43.5 Å². The molecule has 1 radical (unpaired) electrons. The molecule has 0 spiro atoms. The molecule has 4 nitrogen and oxygen atoms in total. The molecule has 1 N–H and O–H groups in total. The van der Waals surface area contributed by atoms with E-state index in [0.29, 0.717) is 0 Å². The maximum absolute atomic E-state index is 12.5. The molecule has 22 heavy (non-hydrogen) atoms. The Kier molecular flexibility index (Phi) is 4.97. The van der Waals surface area contributed by atoms with Gasteiger partial charge in [-0.3, -0.25) is 4.79 Å². The SMILES string of the molecule is Cc1cccc2c1NC(=O)C(C(CC(C)(C)C)O[Si](C)C)O2. The summed E-state index contributed by atoms with van der Waals surface area (Å²) < 4.78 is 12.1. The summed E-state index contributed by atoms with van der Waals surface area (Å²) in [4.78, 5) is 12.5. The third-order valence-electron chi connectivity index (χ3n) is 3.53. The van der Waals surface area contributed by atoms with Crippen LogP contribution in [0.4, 0.5) is 5.69 Å². The van der Waals surface area contributed by atoms with Crippen molar-refractivity contribution >= 4 is 20.6 Å². The van der Waals surface area contributed by atoms with Crippen molar-refractivity contribution in [2.45, 2.75) is 59.4 Å². The van der Waals surface area contributed by atoms with Gasteiger partial charge in [0.05, 0.1) is 11.8 Å². The number of amides is 1. The topological polar surface area (TPSA) is 47.6 Å². The molecule has 1 amide bonds. The second-order valence-electron chi connectivity index (χ2n) is 7.31. The zero-order valence-electron chi connectivity index (χ0n) is 14.3. The Labute approximate surface area is 134 Å². The number of para-hydroxylation sites is 1. The highest BCUT2D eigenvalue weighted by Gasteiger charge is 2.38. The lowest BCUT2D eigenvalue weighted by Crippen LogP contribution is -2.49. The minimum atomic E-state index is -0.921. The van der Waals surface area contributed by atoms with Crippen LogP contribution in [0.3, 0.4) is 0 Å². The highest BCUT2D eigenvalue weighted by atomic mass is 28.3. The van der Waals surface area contributed by atoms with Gasteiger partial charge < -0.3 is 14.5 Å². The molecule has 0 aromatic heterocycles. The van der Waals surface area contributed by atoms with E-state index in [-0.39, 0.29) is 17.4 Å². The van der Waals surface area contributed by atoms with Crippen LogP contribution in [0.1, 0.15) is 32.8 Å². The van der Waals surface area contributed by atoms with Crippen LogP contribution in [0.15, 0.2) is 18.2 Å². The first-order valence-corrected chi connectivity index (χ1v) is 10.1. The number of carbonyl (C=O) groups is 1. The molecule has 0 saturated heterocycles. The lowest BCUT2D eigenvalue weighted by Gasteiger charge is -2.35. The highest BCUT2D eigenvalue weighted by molar-refractivity contribution is 6.48. The van der Waals surface area contributed by atoms with Crippen LogP contribution in [0, 0.1) is 12.3 Å². The van der Waals surface area contributed by atoms with Crippen LogP contribution in [0.2, 0.25) is 13.1 Å². The van der Waals surface area contributed by atoms with Gasteiger partial charge in [0.2, 0.25) is 15.1 Å². The predicted octanol–water partition coefficient (Wildman–Crippen LogP) is 3.77. The van der Waals surface area contributed by atoms with Crippen LogP contribution in [0.25, 0.3) is 0 Å². The maximum atomic E-state index is 12.5. The first-order chi connectivity index (χ1) is 10.2. The normalized spacial score (nSPS) is 19.4. The first kappa shape index (κ1) is 17.0. The number of fused-ring (bicyclic) bond motifs is 1. The van der Waals surface area contributed by atoms with Crippen molar-refractivity contribution in [1.82, 2.24) is 0 Å². The molecule has 1 aromatic rings. The average molecular weight is 320 g/mol. The van der Waals surface area contributed by atoms with E-state index in [4.69, 9.17) is 9.16 Å². The van der Waals surface area contributed by atoms with E-state index in [2.05, 4.69) is 39.2 Å². The van der Waals surface area contributed by atoms with Gasteiger partial charge in [-0.15, -0.1) is 0 Å². The molecule has 1 heterocycles. The van der Waals surface area contributed by atoms with Gasteiger partial charge in [-0.1, -0.05) is 32.9 Å². The Morgan fingerprint density at radius 2 is 2.05 bits per heavy atom. The summed E-state index contributed by atoms with van der Waals surface area (Å²) in [5.41, 5.74) is 1.85. The summed E-state index contributed by atoms with van der Waals surface area (Å²) in [5.74, 6) is 0.618. The van der Waals surface area contributed by atoms with E-state index in [1.165, 1.54) is 0 Å². The van der Waals surface area contributed by atoms with E-state index in [1.807, 2.05) is 25.1 Å². The molecule has 0 saturated carbocycles. The molecule has 0 aliphatic carbocycles. The number of rotatable bonds is 4. The van der Waals surface area contributed by atoms with Gasteiger partial charge >= 0.3 is 0 Å². The smallest absolute Gasteiger partial charge is 0.268 e. The van der Waals surface area contributed by atoms with E-state index in [0.717, 1.165) is 23.4 Å². The van der Waals surface area contributed by atoms with Gasteiger partial charge in [0.25, 0.3) is 5.91 Å². The van der Waals surface area contributed by atoms with Gasteiger partial charge in [0, 0.05) is 0 Å². The fraction of sp³-hybridized carbons (Fsp3) is 0.588. The Balaban J connectivity index is 2.26. The highest BCUT2D eigenvalue weighted by Crippen LogP contribution is 2.35. The molecule has 1 aliphatic rings. The van der Waals surface area contributed by atoms with Crippen LogP contribution < -0.4 is 10.1 Å². The number of anilines is 1. The Morgan fingerprint density at radius 3 is 2.64 bits per heavy atom. The number of carbonyl (C=O) groups excluding carboxylic acids is 1. The number of ether oxygens (including phenoxy) is 1. The molecule has 0 fully saturated rings. The zero-order chi connectivity index (χ0) is 16.5. The lowest BCUT2D eigenvalue weighted by atomic mass is 9.87. The van der Waals surface area contributed by atoms with Crippen LogP contribution in [-0.4, -0.2) is 27.2 Å². The Bertz CT molecular complexity index is 551. The van der Waals surface area contributed by atoms with E-state index >= 15 is 0 Å². The minimum absolute atomic E-state index is 0.0680. The van der Waals surface area contributed by atoms with Crippen molar-refractivity contribution in [3.63, 3.8) is 0 Å². The molecule has 2 rings (SSSR count). The third kappa shape index (κ3) is 4.11. The third-order valence-corrected chi connectivity index (χ3v) is 4.31. The summed E-state index contributed by atoms with van der Waals surface area (Å²) in [7, 11) is -0.921. The van der Waals surface area contributed by atoms with Crippen molar-refractivity contribution in [2.75, 3.05) is 5.32 Å². The van der Waals surface area contributed by atoms with Crippen LogP contribution in [-0.2, 0) is 9.22 Å². The summed E-state index contributed by atoms with van der Waals surface area (Å²) in [5, 5.41) is 2.99. The maximum Gasteiger partial charge on any atom is 0.268 e. The molecule has 5 heteroatoms. The number of nitrogens with one attached hydrogen (secondary N) is 1. The Hall–Kier alpha value is -1.33. The van der Waals surface area contributed by atoms with Crippen molar-refractivity contribution < 1.29 is 14.0 Å². The zero-order valence-corrected chi connectivity index (χ0v) is 15.3.